The van der Waals surface area contributed by atoms with Crippen LogP contribution in [0.15, 0.2) is 48.5 Å². The van der Waals surface area contributed by atoms with Gasteiger partial charge in [0.1, 0.15) is 11.3 Å². The maximum absolute atomic E-state index is 11.5. The molecule has 0 amide bonds. The summed E-state index contributed by atoms with van der Waals surface area (Å²) >= 11 is 6.13. The number of carbonyl (C=O) groups is 1. The van der Waals surface area contributed by atoms with Gasteiger partial charge in [0.15, 0.2) is 23.6 Å². The van der Waals surface area contributed by atoms with E-state index in [1.54, 1.807) is 0 Å². The van der Waals surface area contributed by atoms with Crippen molar-refractivity contribution in [3.8, 4) is 11.4 Å². The molecule has 2 heterocycles. The van der Waals surface area contributed by atoms with Crippen LogP contribution in [-0.2, 0) is 0 Å². The highest BCUT2D eigenvalue weighted by Gasteiger charge is 2.26. The fraction of sp³-hybridized carbons (Fsp3) is 0.280. The summed E-state index contributed by atoms with van der Waals surface area (Å²) in [7, 11) is 0. The number of nitrogens with zero attached hydrogens (tertiary/aromatic N) is 4. The van der Waals surface area contributed by atoms with Gasteiger partial charge in [0, 0.05) is 17.1 Å². The van der Waals surface area contributed by atoms with Crippen molar-refractivity contribution in [2.45, 2.75) is 32.7 Å². The minimum Gasteiger partial charge on any atom is -0.368 e. The molecule has 1 saturated carbocycles. The van der Waals surface area contributed by atoms with Crippen molar-refractivity contribution in [1.82, 2.24) is 19.5 Å². The van der Waals surface area contributed by atoms with Crippen LogP contribution in [0.2, 0.25) is 5.02 Å². The second-order valence-electron chi connectivity index (χ2n) is 8.45. The van der Waals surface area contributed by atoms with Gasteiger partial charge in [0.05, 0.1) is 6.04 Å². The van der Waals surface area contributed by atoms with Crippen molar-refractivity contribution < 1.29 is 4.79 Å². The van der Waals surface area contributed by atoms with Crippen molar-refractivity contribution in [2.24, 2.45) is 5.92 Å². The molecule has 1 aliphatic rings. The summed E-state index contributed by atoms with van der Waals surface area (Å²) < 4.78 is 2.16. The summed E-state index contributed by atoms with van der Waals surface area (Å²) in [4.78, 5) is 25.4. The van der Waals surface area contributed by atoms with Crippen molar-refractivity contribution in [1.29, 1.82) is 0 Å². The molecule has 6 nitrogen and oxygen atoms in total. The molecule has 1 fully saturated rings. The van der Waals surface area contributed by atoms with Gasteiger partial charge in [0.2, 0.25) is 0 Å². The van der Waals surface area contributed by atoms with Gasteiger partial charge in [-0.15, -0.1) is 0 Å². The molecule has 0 saturated heterocycles. The van der Waals surface area contributed by atoms with Gasteiger partial charge >= 0.3 is 0 Å². The van der Waals surface area contributed by atoms with E-state index < -0.39 is 0 Å². The number of halogens is 1. The summed E-state index contributed by atoms with van der Waals surface area (Å²) in [5.41, 5.74) is 4.54. The van der Waals surface area contributed by atoms with Crippen molar-refractivity contribution in [3.05, 3.63) is 70.5 Å². The third-order valence-corrected chi connectivity index (χ3v) is 6.19. The Bertz CT molecular complexity index is 1290. The molecule has 1 aliphatic carbocycles. The van der Waals surface area contributed by atoms with Crippen molar-refractivity contribution >= 4 is 34.9 Å². The number of aromatic nitrogens is 4. The second-order valence-corrected chi connectivity index (χ2v) is 8.88. The molecule has 2 aromatic heterocycles. The number of anilines is 1. The number of carbonyl (C=O) groups excluding carboxylic acids is 1. The van der Waals surface area contributed by atoms with Crippen molar-refractivity contribution in [2.75, 3.05) is 11.9 Å². The monoisotopic (exact) mass is 445 g/mol. The average molecular weight is 446 g/mol. The van der Waals surface area contributed by atoms with Gasteiger partial charge in [-0.05, 0) is 56.4 Å². The standard InChI is InChI=1S/C25H24ClN5O/c1-15-4-3-5-19(12-15)25-30-24-22(31(25)16(2)18-8-10-20(26)11-9-18)23(27-13-17-6-7-17)28-21(14-32)29-24/h3-5,8-12,14,16-17H,6-7,13H2,1-2H3,(H,27,28,29). The number of fused-ring (bicyclic) bond motifs is 1. The molecule has 1 atom stereocenters. The molecular formula is C25H24ClN5O. The number of aldehydes is 1. The number of benzene rings is 2. The van der Waals surface area contributed by atoms with Crippen LogP contribution in [0.4, 0.5) is 5.82 Å². The average Bonchev–Trinajstić information content (AvgIpc) is 3.55. The molecule has 1 unspecified atom stereocenters. The van der Waals surface area contributed by atoms with Crippen LogP contribution < -0.4 is 5.32 Å². The predicted molar refractivity (Wildman–Crippen MR) is 127 cm³/mol. The fourth-order valence-corrected chi connectivity index (χ4v) is 4.14. The van der Waals surface area contributed by atoms with E-state index in [1.807, 2.05) is 36.4 Å². The van der Waals surface area contributed by atoms with Crippen LogP contribution >= 0.6 is 11.6 Å². The minimum absolute atomic E-state index is 0.0556. The molecule has 1 N–H and O–H groups in total. The Labute approximate surface area is 191 Å². The summed E-state index contributed by atoms with van der Waals surface area (Å²) in [6, 6.07) is 16.0. The van der Waals surface area contributed by atoms with E-state index in [2.05, 4.69) is 45.8 Å². The Hall–Kier alpha value is -3.25. The molecular weight excluding hydrogens is 422 g/mol. The van der Waals surface area contributed by atoms with E-state index in [9.17, 15) is 4.79 Å². The highest BCUT2D eigenvalue weighted by molar-refractivity contribution is 6.30. The third-order valence-electron chi connectivity index (χ3n) is 5.94. The zero-order valence-electron chi connectivity index (χ0n) is 18.0. The molecule has 7 heteroatoms. The number of hydrogen-bond donors (Lipinski definition) is 1. The maximum Gasteiger partial charge on any atom is 0.196 e. The first-order chi connectivity index (χ1) is 15.5. The molecule has 0 radical (unpaired) electrons. The number of imidazole rings is 1. The molecule has 4 aromatic rings. The number of rotatable bonds is 7. The Kier molecular flexibility index (Phi) is 5.39. The van der Waals surface area contributed by atoms with E-state index >= 15 is 0 Å². The number of nitrogens with one attached hydrogen (secondary N) is 1. The Balaban J connectivity index is 1.75. The first-order valence-electron chi connectivity index (χ1n) is 10.8. The molecule has 2 aromatic carbocycles. The second kappa shape index (κ2) is 8.36. The van der Waals surface area contributed by atoms with E-state index in [1.165, 1.54) is 12.8 Å². The summed E-state index contributed by atoms with van der Waals surface area (Å²) in [5.74, 6) is 2.23. The Morgan fingerprint density at radius 3 is 2.62 bits per heavy atom. The Morgan fingerprint density at radius 2 is 1.94 bits per heavy atom. The lowest BCUT2D eigenvalue weighted by atomic mass is 10.1. The van der Waals surface area contributed by atoms with Crippen LogP contribution in [0.1, 0.15) is 47.6 Å². The highest BCUT2D eigenvalue weighted by Crippen LogP contribution is 2.35. The lowest BCUT2D eigenvalue weighted by Crippen LogP contribution is -2.13. The van der Waals surface area contributed by atoms with Gasteiger partial charge in [-0.1, -0.05) is 47.5 Å². The highest BCUT2D eigenvalue weighted by atomic mass is 35.5. The van der Waals surface area contributed by atoms with E-state index in [0.717, 1.165) is 34.6 Å². The normalized spacial score (nSPS) is 14.5. The molecule has 162 valence electrons. The first kappa shape index (κ1) is 20.6. The smallest absolute Gasteiger partial charge is 0.196 e. The largest absolute Gasteiger partial charge is 0.368 e. The van der Waals surface area contributed by atoms with Gasteiger partial charge in [-0.2, -0.15) is 0 Å². The lowest BCUT2D eigenvalue weighted by molar-refractivity contribution is 0.111. The summed E-state index contributed by atoms with van der Waals surface area (Å²) in [6.07, 6.45) is 3.11. The first-order valence-corrected chi connectivity index (χ1v) is 11.2. The summed E-state index contributed by atoms with van der Waals surface area (Å²) in [5, 5.41) is 4.16. The molecule has 32 heavy (non-hydrogen) atoms. The predicted octanol–water partition coefficient (Wildman–Crippen LogP) is 5.70. The minimum atomic E-state index is -0.0556. The Morgan fingerprint density at radius 1 is 1.16 bits per heavy atom. The lowest BCUT2D eigenvalue weighted by Gasteiger charge is -2.20. The molecule has 5 rings (SSSR count). The molecule has 0 spiro atoms. The van der Waals surface area contributed by atoms with E-state index in [4.69, 9.17) is 16.6 Å². The van der Waals surface area contributed by atoms with Crippen LogP contribution in [-0.4, -0.2) is 32.3 Å². The zero-order valence-corrected chi connectivity index (χ0v) is 18.8. The van der Waals surface area contributed by atoms with Crippen LogP contribution in [0.3, 0.4) is 0 Å². The zero-order chi connectivity index (χ0) is 22.2. The molecule has 0 bridgehead atoms. The van der Waals surface area contributed by atoms with Crippen LogP contribution in [0, 0.1) is 12.8 Å². The van der Waals surface area contributed by atoms with Crippen molar-refractivity contribution in [3.63, 3.8) is 0 Å². The van der Waals surface area contributed by atoms with E-state index in [0.29, 0.717) is 28.7 Å². The summed E-state index contributed by atoms with van der Waals surface area (Å²) in [6.45, 7) is 5.01. The van der Waals surface area contributed by atoms with Gasteiger partial charge in [-0.3, -0.25) is 4.79 Å². The van der Waals surface area contributed by atoms with Gasteiger partial charge in [0.25, 0.3) is 0 Å². The molecule has 0 aliphatic heterocycles. The van der Waals surface area contributed by atoms with Crippen LogP contribution in [0.5, 0.6) is 0 Å². The number of aryl methyl sites for hydroxylation is 1. The number of hydrogen-bond acceptors (Lipinski definition) is 5. The van der Waals surface area contributed by atoms with Gasteiger partial charge in [-0.25, -0.2) is 15.0 Å². The fourth-order valence-electron chi connectivity index (χ4n) is 4.01. The van der Waals surface area contributed by atoms with Crippen LogP contribution in [0.25, 0.3) is 22.6 Å². The topological polar surface area (TPSA) is 72.7 Å². The van der Waals surface area contributed by atoms with E-state index in [-0.39, 0.29) is 11.9 Å². The maximum atomic E-state index is 11.5. The van der Waals surface area contributed by atoms with Gasteiger partial charge < -0.3 is 9.88 Å². The SMILES string of the molecule is Cc1cccc(-c2nc3nc(C=O)nc(NCC4CC4)c3n2C(C)c2ccc(Cl)cc2)c1. The third kappa shape index (κ3) is 3.98. The quantitative estimate of drug-likeness (QED) is 0.369.